The number of hydrogen-bond donors (Lipinski definition) is 2. The highest BCUT2D eigenvalue weighted by Crippen LogP contribution is 2.28. The molecule has 0 aromatic carbocycles. The maximum atomic E-state index is 9.49. The summed E-state index contributed by atoms with van der Waals surface area (Å²) in [6.07, 6.45) is 10.2. The normalized spacial score (nSPS) is 40.1. The molecular weight excluding hydrogens is 198 g/mol. The van der Waals surface area contributed by atoms with Crippen molar-refractivity contribution in [2.75, 3.05) is 6.54 Å². The summed E-state index contributed by atoms with van der Waals surface area (Å²) >= 11 is 0. The van der Waals surface area contributed by atoms with Crippen LogP contribution in [-0.4, -0.2) is 23.8 Å². The van der Waals surface area contributed by atoms with Crippen LogP contribution in [0.1, 0.15) is 58.3 Å². The van der Waals surface area contributed by atoms with E-state index in [-0.39, 0.29) is 6.10 Å². The first-order chi connectivity index (χ1) is 7.78. The molecule has 0 aliphatic heterocycles. The van der Waals surface area contributed by atoms with Gasteiger partial charge in [0.15, 0.2) is 0 Å². The molecule has 0 radical (unpaired) electrons. The molecule has 2 N–H and O–H groups in total. The molecule has 2 rings (SSSR count). The first-order valence-corrected chi connectivity index (χ1v) is 7.19. The van der Waals surface area contributed by atoms with E-state index >= 15 is 0 Å². The number of rotatable bonds is 4. The minimum Gasteiger partial charge on any atom is -0.393 e. The second-order valence-electron chi connectivity index (χ2n) is 5.88. The molecule has 0 amide bonds. The van der Waals surface area contributed by atoms with Crippen molar-refractivity contribution in [2.24, 2.45) is 11.8 Å². The quantitative estimate of drug-likeness (QED) is 0.771. The fourth-order valence-electron chi connectivity index (χ4n) is 3.41. The Labute approximate surface area is 99.8 Å². The molecule has 2 saturated carbocycles. The van der Waals surface area contributed by atoms with Gasteiger partial charge < -0.3 is 10.4 Å². The van der Waals surface area contributed by atoms with Crippen LogP contribution in [-0.2, 0) is 0 Å². The molecular formula is C14H27NO. The molecule has 4 unspecified atom stereocenters. The van der Waals surface area contributed by atoms with Gasteiger partial charge in [-0.15, -0.1) is 0 Å². The van der Waals surface area contributed by atoms with Gasteiger partial charge in [0.2, 0.25) is 0 Å². The summed E-state index contributed by atoms with van der Waals surface area (Å²) in [7, 11) is 0. The minimum absolute atomic E-state index is 0.0125. The molecule has 2 aliphatic rings. The van der Waals surface area contributed by atoms with Gasteiger partial charge in [-0.1, -0.05) is 26.2 Å². The number of aliphatic hydroxyl groups excluding tert-OH is 1. The third-order valence-electron chi connectivity index (χ3n) is 4.57. The van der Waals surface area contributed by atoms with Crippen LogP contribution in [0.3, 0.4) is 0 Å². The van der Waals surface area contributed by atoms with E-state index < -0.39 is 0 Å². The van der Waals surface area contributed by atoms with Crippen molar-refractivity contribution >= 4 is 0 Å². The minimum atomic E-state index is -0.0125. The lowest BCUT2D eigenvalue weighted by Crippen LogP contribution is -2.36. The lowest BCUT2D eigenvalue weighted by Gasteiger charge is -2.30. The number of hydrogen-bond acceptors (Lipinski definition) is 2. The van der Waals surface area contributed by atoms with Crippen LogP contribution in [0.25, 0.3) is 0 Å². The highest BCUT2D eigenvalue weighted by molar-refractivity contribution is 4.81. The van der Waals surface area contributed by atoms with Gasteiger partial charge in [-0.3, -0.25) is 0 Å². The van der Waals surface area contributed by atoms with E-state index in [0.29, 0.717) is 0 Å². The molecule has 0 saturated heterocycles. The Morgan fingerprint density at radius 1 is 1.06 bits per heavy atom. The monoisotopic (exact) mass is 225 g/mol. The fraction of sp³-hybridized carbons (Fsp3) is 1.00. The zero-order valence-electron chi connectivity index (χ0n) is 10.6. The summed E-state index contributed by atoms with van der Waals surface area (Å²) in [6.45, 7) is 3.46. The van der Waals surface area contributed by atoms with Crippen LogP contribution < -0.4 is 5.32 Å². The van der Waals surface area contributed by atoms with Gasteiger partial charge in [0.05, 0.1) is 6.10 Å². The fourth-order valence-corrected chi connectivity index (χ4v) is 3.41. The Morgan fingerprint density at radius 2 is 1.94 bits per heavy atom. The summed E-state index contributed by atoms with van der Waals surface area (Å²) in [6, 6.07) is 0.761. The first kappa shape index (κ1) is 12.4. The molecule has 2 fully saturated rings. The van der Waals surface area contributed by atoms with Crippen LogP contribution in [0, 0.1) is 11.8 Å². The Hall–Kier alpha value is -0.0800. The van der Waals surface area contributed by atoms with Crippen LogP contribution in [0.2, 0.25) is 0 Å². The highest BCUT2D eigenvalue weighted by atomic mass is 16.3. The van der Waals surface area contributed by atoms with Crippen LogP contribution >= 0.6 is 0 Å². The molecule has 16 heavy (non-hydrogen) atoms. The van der Waals surface area contributed by atoms with Gasteiger partial charge in [-0.25, -0.2) is 0 Å². The topological polar surface area (TPSA) is 32.3 Å². The summed E-state index contributed by atoms with van der Waals surface area (Å²) in [5.74, 6) is 1.69. The van der Waals surface area contributed by atoms with Crippen molar-refractivity contribution in [1.29, 1.82) is 0 Å². The Kier molecular flexibility index (Phi) is 4.66. The molecule has 2 heteroatoms. The lowest BCUT2D eigenvalue weighted by atomic mass is 9.84. The van der Waals surface area contributed by atoms with E-state index in [9.17, 15) is 5.11 Å². The lowest BCUT2D eigenvalue weighted by molar-refractivity contribution is 0.176. The van der Waals surface area contributed by atoms with Gasteiger partial charge in [-0.2, -0.15) is 0 Å². The highest BCUT2D eigenvalue weighted by Gasteiger charge is 2.25. The molecule has 2 nitrogen and oxygen atoms in total. The average molecular weight is 225 g/mol. The Bertz CT molecular complexity index is 207. The van der Waals surface area contributed by atoms with Crippen molar-refractivity contribution in [3.8, 4) is 0 Å². The molecule has 0 spiro atoms. The van der Waals surface area contributed by atoms with E-state index in [4.69, 9.17) is 0 Å². The SMILES string of the molecule is CCC1CCCC(NCC2CCC(O)C2)C1. The zero-order valence-corrected chi connectivity index (χ0v) is 10.6. The van der Waals surface area contributed by atoms with Crippen LogP contribution in [0.15, 0.2) is 0 Å². The largest absolute Gasteiger partial charge is 0.393 e. The van der Waals surface area contributed by atoms with E-state index in [1.807, 2.05) is 0 Å². The second kappa shape index (κ2) is 6.02. The van der Waals surface area contributed by atoms with Crippen molar-refractivity contribution in [2.45, 2.75) is 70.4 Å². The van der Waals surface area contributed by atoms with Crippen LogP contribution in [0.5, 0.6) is 0 Å². The van der Waals surface area contributed by atoms with Gasteiger partial charge in [0.1, 0.15) is 0 Å². The van der Waals surface area contributed by atoms with Crippen molar-refractivity contribution in [3.63, 3.8) is 0 Å². The molecule has 0 aromatic heterocycles. The Balaban J connectivity index is 1.65. The standard InChI is InChI=1S/C14H27NO/c1-2-11-4-3-5-13(8-11)15-10-12-6-7-14(16)9-12/h11-16H,2-10H2,1H3. The third-order valence-corrected chi connectivity index (χ3v) is 4.57. The van der Waals surface area contributed by atoms with Crippen LogP contribution in [0.4, 0.5) is 0 Å². The summed E-state index contributed by atoms with van der Waals surface area (Å²) in [5, 5.41) is 13.2. The molecule has 0 aromatic rings. The van der Waals surface area contributed by atoms with Gasteiger partial charge in [0, 0.05) is 6.04 Å². The first-order valence-electron chi connectivity index (χ1n) is 7.19. The van der Waals surface area contributed by atoms with Crippen molar-refractivity contribution in [3.05, 3.63) is 0 Å². The van der Waals surface area contributed by atoms with E-state index in [1.165, 1.54) is 38.5 Å². The predicted octanol–water partition coefficient (Wildman–Crippen LogP) is 2.71. The molecule has 0 bridgehead atoms. The molecule has 94 valence electrons. The average Bonchev–Trinajstić information content (AvgIpc) is 2.73. The summed E-state index contributed by atoms with van der Waals surface area (Å²) in [4.78, 5) is 0. The number of nitrogens with one attached hydrogen (secondary N) is 1. The van der Waals surface area contributed by atoms with Gasteiger partial charge >= 0.3 is 0 Å². The maximum Gasteiger partial charge on any atom is 0.0543 e. The molecule has 0 heterocycles. The van der Waals surface area contributed by atoms with E-state index in [0.717, 1.165) is 37.3 Å². The van der Waals surface area contributed by atoms with E-state index in [1.54, 1.807) is 0 Å². The predicted molar refractivity (Wildman–Crippen MR) is 67.4 cm³/mol. The maximum absolute atomic E-state index is 9.49. The van der Waals surface area contributed by atoms with Gasteiger partial charge in [-0.05, 0) is 50.5 Å². The van der Waals surface area contributed by atoms with Crippen molar-refractivity contribution in [1.82, 2.24) is 5.32 Å². The molecule has 4 atom stereocenters. The summed E-state index contributed by atoms with van der Waals surface area (Å²) in [5.41, 5.74) is 0. The van der Waals surface area contributed by atoms with Crippen molar-refractivity contribution < 1.29 is 5.11 Å². The Morgan fingerprint density at radius 3 is 2.62 bits per heavy atom. The number of aliphatic hydroxyl groups is 1. The smallest absolute Gasteiger partial charge is 0.0543 e. The van der Waals surface area contributed by atoms with E-state index in [2.05, 4.69) is 12.2 Å². The molecule has 2 aliphatic carbocycles. The summed E-state index contributed by atoms with van der Waals surface area (Å²) < 4.78 is 0. The third kappa shape index (κ3) is 3.46. The zero-order chi connectivity index (χ0) is 11.4. The second-order valence-corrected chi connectivity index (χ2v) is 5.88. The van der Waals surface area contributed by atoms with Gasteiger partial charge in [0.25, 0.3) is 0 Å².